The van der Waals surface area contributed by atoms with Gasteiger partial charge in [-0.1, -0.05) is 13.3 Å². The highest BCUT2D eigenvalue weighted by molar-refractivity contribution is 5.22. The van der Waals surface area contributed by atoms with Gasteiger partial charge in [-0.2, -0.15) is 0 Å². The van der Waals surface area contributed by atoms with Crippen LogP contribution in [0.15, 0.2) is 18.2 Å². The Morgan fingerprint density at radius 3 is 2.57 bits per heavy atom. The summed E-state index contributed by atoms with van der Waals surface area (Å²) >= 11 is 0. The highest BCUT2D eigenvalue weighted by Gasteiger charge is 2.29. The van der Waals surface area contributed by atoms with Crippen LogP contribution in [0, 0.1) is 17.6 Å². The Morgan fingerprint density at radius 1 is 1.19 bits per heavy atom. The summed E-state index contributed by atoms with van der Waals surface area (Å²) in [7, 11) is 2.06. The van der Waals surface area contributed by atoms with Crippen molar-refractivity contribution in [3.63, 3.8) is 0 Å². The van der Waals surface area contributed by atoms with Crippen LogP contribution >= 0.6 is 0 Å². The van der Waals surface area contributed by atoms with E-state index < -0.39 is 11.6 Å². The molecule has 4 heteroatoms. The maximum atomic E-state index is 13.6. The van der Waals surface area contributed by atoms with E-state index in [1.807, 2.05) is 0 Å². The van der Waals surface area contributed by atoms with E-state index in [9.17, 15) is 8.78 Å². The van der Waals surface area contributed by atoms with Gasteiger partial charge in [0, 0.05) is 12.1 Å². The number of rotatable bonds is 5. The minimum atomic E-state index is -0.483. The molecular weight excluding hydrogens is 270 g/mol. The first-order chi connectivity index (χ1) is 10.1. The maximum Gasteiger partial charge on any atom is 0.126 e. The zero-order chi connectivity index (χ0) is 15.2. The van der Waals surface area contributed by atoms with Crippen molar-refractivity contribution in [3.05, 3.63) is 35.4 Å². The number of halogens is 2. The number of benzene rings is 1. The molecule has 2 rings (SSSR count). The van der Waals surface area contributed by atoms with Crippen LogP contribution in [0.3, 0.4) is 0 Å². The molecule has 0 bridgehead atoms. The van der Waals surface area contributed by atoms with Gasteiger partial charge in [0.2, 0.25) is 0 Å². The Kier molecular flexibility index (Phi) is 6.12. The van der Waals surface area contributed by atoms with Crippen molar-refractivity contribution in [1.29, 1.82) is 0 Å². The van der Waals surface area contributed by atoms with Gasteiger partial charge in [0.15, 0.2) is 0 Å². The third-order valence-electron chi connectivity index (χ3n) is 4.32. The first kappa shape index (κ1) is 16.4. The van der Waals surface area contributed by atoms with Crippen LogP contribution in [-0.4, -0.2) is 31.6 Å². The number of nitrogens with one attached hydrogen (secondary N) is 1. The minimum Gasteiger partial charge on any atom is -0.316 e. The average molecular weight is 296 g/mol. The summed E-state index contributed by atoms with van der Waals surface area (Å²) < 4.78 is 27.1. The van der Waals surface area contributed by atoms with Crippen molar-refractivity contribution in [2.75, 3.05) is 26.7 Å². The van der Waals surface area contributed by atoms with Crippen LogP contribution < -0.4 is 5.32 Å². The molecule has 21 heavy (non-hydrogen) atoms. The molecule has 0 amide bonds. The number of hydrogen-bond acceptors (Lipinski definition) is 2. The Morgan fingerprint density at radius 2 is 1.90 bits per heavy atom. The van der Waals surface area contributed by atoms with E-state index in [-0.39, 0.29) is 6.04 Å². The second-order valence-electron chi connectivity index (χ2n) is 6.09. The molecule has 0 spiro atoms. The number of hydrogen-bond donors (Lipinski definition) is 1. The predicted molar refractivity (Wildman–Crippen MR) is 82.2 cm³/mol. The SMILES string of the molecule is CCCNCC1CCCCN(C)C1c1cc(F)cc(F)c1. The molecule has 1 heterocycles. The lowest BCUT2D eigenvalue weighted by molar-refractivity contribution is 0.188. The zero-order valence-corrected chi connectivity index (χ0v) is 13.0. The number of likely N-dealkylation sites (tertiary alicyclic amines) is 1. The van der Waals surface area contributed by atoms with E-state index in [4.69, 9.17) is 0 Å². The Labute approximate surface area is 126 Å². The fraction of sp³-hybridized carbons (Fsp3) is 0.647. The summed E-state index contributed by atoms with van der Waals surface area (Å²) in [6.07, 6.45) is 4.53. The molecule has 1 saturated heterocycles. The monoisotopic (exact) mass is 296 g/mol. The largest absolute Gasteiger partial charge is 0.316 e. The van der Waals surface area contributed by atoms with E-state index in [1.165, 1.54) is 18.6 Å². The first-order valence-electron chi connectivity index (χ1n) is 7.98. The predicted octanol–water partition coefficient (Wildman–Crippen LogP) is 3.74. The van der Waals surface area contributed by atoms with Crippen LogP contribution in [0.5, 0.6) is 0 Å². The van der Waals surface area contributed by atoms with E-state index in [0.717, 1.165) is 50.5 Å². The molecule has 2 unspecified atom stereocenters. The summed E-state index contributed by atoms with van der Waals surface area (Å²) in [5, 5.41) is 3.47. The van der Waals surface area contributed by atoms with Crippen molar-refractivity contribution in [2.24, 2.45) is 5.92 Å². The van der Waals surface area contributed by atoms with Gasteiger partial charge in [0.25, 0.3) is 0 Å². The Bertz CT molecular complexity index is 430. The zero-order valence-electron chi connectivity index (χ0n) is 13.0. The van der Waals surface area contributed by atoms with Crippen LogP contribution in [0.4, 0.5) is 8.78 Å². The summed E-state index contributed by atoms with van der Waals surface area (Å²) in [5.41, 5.74) is 0.764. The summed E-state index contributed by atoms with van der Waals surface area (Å²) in [4.78, 5) is 2.25. The third kappa shape index (κ3) is 4.48. The van der Waals surface area contributed by atoms with E-state index in [1.54, 1.807) is 0 Å². The molecule has 1 aromatic carbocycles. The van der Waals surface area contributed by atoms with E-state index >= 15 is 0 Å². The molecule has 1 aliphatic heterocycles. The first-order valence-corrected chi connectivity index (χ1v) is 7.98. The fourth-order valence-corrected chi connectivity index (χ4v) is 3.38. The van der Waals surface area contributed by atoms with Gasteiger partial charge in [0.1, 0.15) is 11.6 Å². The molecule has 1 aliphatic rings. The molecule has 0 aliphatic carbocycles. The lowest BCUT2D eigenvalue weighted by Gasteiger charge is -2.33. The topological polar surface area (TPSA) is 15.3 Å². The highest BCUT2D eigenvalue weighted by atomic mass is 19.1. The van der Waals surface area contributed by atoms with Gasteiger partial charge in [-0.15, -0.1) is 0 Å². The summed E-state index contributed by atoms with van der Waals surface area (Å²) in [6.45, 7) is 5.02. The van der Waals surface area contributed by atoms with Crippen LogP contribution in [0.2, 0.25) is 0 Å². The standard InChI is InChI=1S/C17H26F2N2/c1-3-7-20-12-13-6-4-5-8-21(2)17(13)14-9-15(18)11-16(19)10-14/h9-11,13,17,20H,3-8,12H2,1-2H3. The van der Waals surface area contributed by atoms with E-state index in [2.05, 4.69) is 24.2 Å². The van der Waals surface area contributed by atoms with Crippen molar-refractivity contribution in [3.8, 4) is 0 Å². The number of nitrogens with zero attached hydrogens (tertiary/aromatic N) is 1. The molecule has 0 aromatic heterocycles. The average Bonchev–Trinajstić information content (AvgIpc) is 2.60. The van der Waals surface area contributed by atoms with E-state index in [0.29, 0.717) is 5.92 Å². The lowest BCUT2D eigenvalue weighted by atomic mass is 9.89. The second kappa shape index (κ2) is 7.85. The molecule has 1 fully saturated rings. The molecule has 1 aromatic rings. The van der Waals surface area contributed by atoms with Crippen molar-refractivity contribution < 1.29 is 8.78 Å². The Hall–Kier alpha value is -1.00. The molecule has 0 radical (unpaired) electrons. The third-order valence-corrected chi connectivity index (χ3v) is 4.32. The highest BCUT2D eigenvalue weighted by Crippen LogP contribution is 2.34. The van der Waals surface area contributed by atoms with Crippen molar-refractivity contribution in [2.45, 2.75) is 38.6 Å². The van der Waals surface area contributed by atoms with Crippen molar-refractivity contribution in [1.82, 2.24) is 10.2 Å². The van der Waals surface area contributed by atoms with Crippen LogP contribution in [0.25, 0.3) is 0 Å². The molecule has 2 nitrogen and oxygen atoms in total. The quantitative estimate of drug-likeness (QED) is 0.833. The molecule has 0 saturated carbocycles. The van der Waals surface area contributed by atoms with Gasteiger partial charge in [0.05, 0.1) is 0 Å². The lowest BCUT2D eigenvalue weighted by Crippen LogP contribution is -2.35. The normalized spacial score (nSPS) is 24.0. The smallest absolute Gasteiger partial charge is 0.126 e. The molecule has 1 N–H and O–H groups in total. The van der Waals surface area contributed by atoms with Crippen LogP contribution in [-0.2, 0) is 0 Å². The van der Waals surface area contributed by atoms with Crippen LogP contribution in [0.1, 0.15) is 44.2 Å². The van der Waals surface area contributed by atoms with Gasteiger partial charge in [-0.05, 0) is 69.6 Å². The molecule has 2 atom stereocenters. The fourth-order valence-electron chi connectivity index (χ4n) is 3.38. The summed E-state index contributed by atoms with van der Waals surface area (Å²) in [6, 6.07) is 4.01. The minimum absolute atomic E-state index is 0.0852. The van der Waals surface area contributed by atoms with Gasteiger partial charge >= 0.3 is 0 Å². The van der Waals surface area contributed by atoms with Gasteiger partial charge < -0.3 is 5.32 Å². The summed E-state index contributed by atoms with van der Waals surface area (Å²) in [5.74, 6) is -0.573. The maximum absolute atomic E-state index is 13.6. The molecule has 118 valence electrons. The second-order valence-corrected chi connectivity index (χ2v) is 6.09. The van der Waals surface area contributed by atoms with Crippen molar-refractivity contribution >= 4 is 0 Å². The van der Waals surface area contributed by atoms with Gasteiger partial charge in [-0.25, -0.2) is 8.78 Å². The Balaban J connectivity index is 2.23. The van der Waals surface area contributed by atoms with Gasteiger partial charge in [-0.3, -0.25) is 4.90 Å². The molecular formula is C17H26F2N2.